The average Bonchev–Trinajstić information content (AvgIpc) is 2.89. The van der Waals surface area contributed by atoms with Crippen LogP contribution in [0.5, 0.6) is 0 Å². The molecule has 1 aromatic carbocycles. The van der Waals surface area contributed by atoms with Gasteiger partial charge in [0.2, 0.25) is 11.8 Å². The summed E-state index contributed by atoms with van der Waals surface area (Å²) in [5, 5.41) is 0. The van der Waals surface area contributed by atoms with Gasteiger partial charge in [-0.3, -0.25) is 4.79 Å². The van der Waals surface area contributed by atoms with Crippen LogP contribution in [0.3, 0.4) is 0 Å². The van der Waals surface area contributed by atoms with E-state index in [9.17, 15) is 4.79 Å². The number of nitrogens with zero attached hydrogens (tertiary/aromatic N) is 2. The lowest BCUT2D eigenvalue weighted by Gasteiger charge is -2.28. The van der Waals surface area contributed by atoms with E-state index in [-0.39, 0.29) is 17.7 Å². The Morgan fingerprint density at radius 1 is 1.30 bits per heavy atom. The van der Waals surface area contributed by atoms with Gasteiger partial charge in [0.25, 0.3) is 0 Å². The van der Waals surface area contributed by atoms with Crippen molar-refractivity contribution in [3.8, 4) is 11.5 Å². The molecular formula is C18H25N3O2. The van der Waals surface area contributed by atoms with Gasteiger partial charge in [0.1, 0.15) is 5.76 Å². The van der Waals surface area contributed by atoms with E-state index in [1.165, 1.54) is 0 Å². The van der Waals surface area contributed by atoms with E-state index < -0.39 is 0 Å². The lowest BCUT2D eigenvalue weighted by atomic mass is 9.93. The van der Waals surface area contributed by atoms with Crippen molar-refractivity contribution >= 4 is 5.91 Å². The van der Waals surface area contributed by atoms with Crippen molar-refractivity contribution < 1.29 is 9.21 Å². The molecule has 5 nitrogen and oxygen atoms in total. The number of hydrogen-bond acceptors (Lipinski definition) is 4. The van der Waals surface area contributed by atoms with E-state index in [2.05, 4.69) is 4.98 Å². The van der Waals surface area contributed by atoms with Crippen LogP contribution >= 0.6 is 0 Å². The second-order valence-electron chi connectivity index (χ2n) is 6.68. The van der Waals surface area contributed by atoms with Crippen LogP contribution in [0.25, 0.3) is 11.5 Å². The number of oxazole rings is 1. The van der Waals surface area contributed by atoms with Gasteiger partial charge in [0, 0.05) is 19.2 Å². The first kappa shape index (κ1) is 17.2. The molecule has 0 fully saturated rings. The molecule has 124 valence electrons. The first-order chi connectivity index (χ1) is 10.8. The summed E-state index contributed by atoms with van der Waals surface area (Å²) in [7, 11) is 1.80. The first-order valence-corrected chi connectivity index (χ1v) is 7.78. The minimum Gasteiger partial charge on any atom is -0.441 e. The standard InChI is InChI=1S/C18H25N3O2/c1-13-15(10-16(22)21(4)12-18(2,3)11-19)20-17(23-13)14-8-6-5-7-9-14/h5-9H,10-12,19H2,1-4H3. The number of hydrogen-bond donors (Lipinski definition) is 1. The average molecular weight is 315 g/mol. The number of carbonyl (C=O) groups is 1. The Kier molecular flexibility index (Phi) is 5.21. The zero-order chi connectivity index (χ0) is 17.0. The Labute approximate surface area is 137 Å². The van der Waals surface area contributed by atoms with Gasteiger partial charge in [-0.05, 0) is 31.0 Å². The molecule has 0 bridgehead atoms. The number of rotatable bonds is 6. The Balaban J connectivity index is 2.09. The van der Waals surface area contributed by atoms with Crippen LogP contribution in [0.1, 0.15) is 25.3 Å². The summed E-state index contributed by atoms with van der Waals surface area (Å²) >= 11 is 0. The zero-order valence-corrected chi connectivity index (χ0v) is 14.3. The van der Waals surface area contributed by atoms with Gasteiger partial charge in [-0.1, -0.05) is 32.0 Å². The van der Waals surface area contributed by atoms with Crippen molar-refractivity contribution in [3.05, 3.63) is 41.8 Å². The van der Waals surface area contributed by atoms with Crippen molar-refractivity contribution in [1.82, 2.24) is 9.88 Å². The number of aryl methyl sites for hydroxylation is 1. The highest BCUT2D eigenvalue weighted by Crippen LogP contribution is 2.22. The van der Waals surface area contributed by atoms with Crippen molar-refractivity contribution in [1.29, 1.82) is 0 Å². The van der Waals surface area contributed by atoms with Gasteiger partial charge in [-0.25, -0.2) is 4.98 Å². The van der Waals surface area contributed by atoms with E-state index in [4.69, 9.17) is 10.2 Å². The smallest absolute Gasteiger partial charge is 0.228 e. The molecule has 0 atom stereocenters. The molecule has 0 spiro atoms. The Hall–Kier alpha value is -2.14. The molecule has 2 N–H and O–H groups in total. The summed E-state index contributed by atoms with van der Waals surface area (Å²) in [6.07, 6.45) is 0.235. The molecule has 0 saturated heterocycles. The van der Waals surface area contributed by atoms with Gasteiger partial charge in [-0.15, -0.1) is 0 Å². The van der Waals surface area contributed by atoms with Gasteiger partial charge in [0.15, 0.2) is 0 Å². The molecular weight excluding hydrogens is 290 g/mol. The molecule has 0 radical (unpaired) electrons. The predicted octanol–water partition coefficient (Wildman–Crippen LogP) is 2.64. The minimum atomic E-state index is -0.0987. The number of nitrogens with two attached hydrogens (primary N) is 1. The molecule has 23 heavy (non-hydrogen) atoms. The molecule has 0 unspecified atom stereocenters. The molecule has 0 aliphatic carbocycles. The fraction of sp³-hybridized carbons (Fsp3) is 0.444. The van der Waals surface area contributed by atoms with E-state index in [0.29, 0.717) is 30.4 Å². The van der Waals surface area contributed by atoms with Crippen LogP contribution in [-0.4, -0.2) is 35.9 Å². The van der Waals surface area contributed by atoms with E-state index in [0.717, 1.165) is 5.56 Å². The third-order valence-corrected chi connectivity index (χ3v) is 3.88. The molecule has 0 aliphatic rings. The van der Waals surface area contributed by atoms with Gasteiger partial charge >= 0.3 is 0 Å². The van der Waals surface area contributed by atoms with Crippen LogP contribution in [0.15, 0.2) is 34.7 Å². The maximum absolute atomic E-state index is 12.4. The summed E-state index contributed by atoms with van der Waals surface area (Å²) in [6.45, 7) is 7.08. The Bertz CT molecular complexity index is 662. The molecule has 1 amide bonds. The van der Waals surface area contributed by atoms with Crippen LogP contribution in [0.2, 0.25) is 0 Å². The third-order valence-electron chi connectivity index (χ3n) is 3.88. The first-order valence-electron chi connectivity index (χ1n) is 7.78. The molecule has 2 aromatic rings. The highest BCUT2D eigenvalue weighted by atomic mass is 16.4. The van der Waals surface area contributed by atoms with Gasteiger partial charge < -0.3 is 15.1 Å². The third kappa shape index (κ3) is 4.42. The summed E-state index contributed by atoms with van der Waals surface area (Å²) in [5.74, 6) is 1.25. The summed E-state index contributed by atoms with van der Waals surface area (Å²) in [6, 6.07) is 9.68. The quantitative estimate of drug-likeness (QED) is 0.889. The second-order valence-corrected chi connectivity index (χ2v) is 6.68. The van der Waals surface area contributed by atoms with E-state index in [1.54, 1.807) is 11.9 Å². The van der Waals surface area contributed by atoms with E-state index >= 15 is 0 Å². The Morgan fingerprint density at radius 3 is 2.57 bits per heavy atom. The number of amides is 1. The lowest BCUT2D eigenvalue weighted by Crippen LogP contribution is -2.40. The van der Waals surface area contributed by atoms with Gasteiger partial charge in [-0.2, -0.15) is 0 Å². The summed E-state index contributed by atoms with van der Waals surface area (Å²) in [5.41, 5.74) is 7.23. The highest BCUT2D eigenvalue weighted by Gasteiger charge is 2.23. The van der Waals surface area contributed by atoms with Crippen molar-refractivity contribution in [2.45, 2.75) is 27.2 Å². The number of carbonyl (C=O) groups excluding carboxylic acids is 1. The fourth-order valence-corrected chi connectivity index (χ4v) is 2.37. The molecule has 0 aliphatic heterocycles. The van der Waals surface area contributed by atoms with Crippen molar-refractivity contribution in [3.63, 3.8) is 0 Å². The SMILES string of the molecule is Cc1oc(-c2ccccc2)nc1CC(=O)N(C)CC(C)(C)CN. The van der Waals surface area contributed by atoms with Gasteiger partial charge in [0.05, 0.1) is 12.1 Å². The lowest BCUT2D eigenvalue weighted by molar-refractivity contribution is -0.130. The molecule has 1 aromatic heterocycles. The highest BCUT2D eigenvalue weighted by molar-refractivity contribution is 5.78. The number of likely N-dealkylation sites (N-methyl/N-ethyl adjacent to an activating group) is 1. The fourth-order valence-electron chi connectivity index (χ4n) is 2.37. The topological polar surface area (TPSA) is 72.4 Å². The monoisotopic (exact) mass is 315 g/mol. The minimum absolute atomic E-state index is 0.0162. The summed E-state index contributed by atoms with van der Waals surface area (Å²) < 4.78 is 5.70. The zero-order valence-electron chi connectivity index (χ0n) is 14.3. The molecule has 2 rings (SSSR count). The maximum atomic E-state index is 12.4. The van der Waals surface area contributed by atoms with Crippen LogP contribution in [0, 0.1) is 12.3 Å². The molecule has 1 heterocycles. The number of aromatic nitrogens is 1. The largest absolute Gasteiger partial charge is 0.441 e. The molecule has 0 saturated carbocycles. The van der Waals surface area contributed by atoms with Crippen LogP contribution in [0.4, 0.5) is 0 Å². The second kappa shape index (κ2) is 6.96. The van der Waals surface area contributed by atoms with Crippen molar-refractivity contribution in [2.24, 2.45) is 11.1 Å². The van der Waals surface area contributed by atoms with Crippen molar-refractivity contribution in [2.75, 3.05) is 20.1 Å². The maximum Gasteiger partial charge on any atom is 0.228 e. The predicted molar refractivity (Wildman–Crippen MR) is 90.9 cm³/mol. The van der Waals surface area contributed by atoms with Crippen LogP contribution < -0.4 is 5.73 Å². The number of benzene rings is 1. The summed E-state index contributed by atoms with van der Waals surface area (Å²) in [4.78, 5) is 18.6. The normalized spacial score (nSPS) is 11.5. The van der Waals surface area contributed by atoms with E-state index in [1.807, 2.05) is 51.1 Å². The molecule has 5 heteroatoms. The Morgan fingerprint density at radius 2 is 1.96 bits per heavy atom. The van der Waals surface area contributed by atoms with Crippen LogP contribution in [-0.2, 0) is 11.2 Å².